The smallest absolute Gasteiger partial charge is 0.233 e. The third-order valence-corrected chi connectivity index (χ3v) is 7.14. The molecule has 4 atom stereocenters. The summed E-state index contributed by atoms with van der Waals surface area (Å²) >= 11 is 1.43. The van der Waals surface area contributed by atoms with Crippen molar-refractivity contribution < 1.29 is 9.53 Å². The Hall–Kier alpha value is -2.28. The van der Waals surface area contributed by atoms with Gasteiger partial charge in [-0.25, -0.2) is 0 Å². The highest BCUT2D eigenvalue weighted by atomic mass is 32.2. The van der Waals surface area contributed by atoms with Crippen LogP contribution in [0.4, 0.5) is 0 Å². The zero-order valence-electron chi connectivity index (χ0n) is 18.3. The predicted octanol–water partition coefficient (Wildman–Crippen LogP) is 4.56. The number of nitrogens with zero attached hydrogens (tertiary/aromatic N) is 3. The van der Waals surface area contributed by atoms with Gasteiger partial charge in [-0.1, -0.05) is 56.7 Å². The fourth-order valence-corrected chi connectivity index (χ4v) is 4.86. The first kappa shape index (κ1) is 22.4. The molecule has 1 aliphatic carbocycles. The highest BCUT2D eigenvalue weighted by Gasteiger charge is 2.30. The number of hydrogen-bond acceptors (Lipinski definition) is 5. The van der Waals surface area contributed by atoms with Crippen molar-refractivity contribution in [3.8, 4) is 17.1 Å². The number of carbonyl (C=O) groups is 1. The van der Waals surface area contributed by atoms with E-state index in [1.54, 1.807) is 7.11 Å². The summed E-state index contributed by atoms with van der Waals surface area (Å²) in [6.45, 7) is 10.9. The van der Waals surface area contributed by atoms with Crippen molar-refractivity contribution >= 4 is 17.7 Å². The molecule has 0 saturated heterocycles. The molecule has 3 rings (SSSR count). The fraction of sp³-hybridized carbons (Fsp3) is 0.522. The van der Waals surface area contributed by atoms with Gasteiger partial charge in [0.25, 0.3) is 0 Å². The number of para-hydroxylation sites is 1. The lowest BCUT2D eigenvalue weighted by Crippen LogP contribution is -2.46. The van der Waals surface area contributed by atoms with Crippen LogP contribution < -0.4 is 10.1 Å². The Morgan fingerprint density at radius 2 is 2.13 bits per heavy atom. The van der Waals surface area contributed by atoms with Gasteiger partial charge in [0.05, 0.1) is 17.9 Å². The maximum atomic E-state index is 12.9. The van der Waals surface area contributed by atoms with E-state index in [2.05, 4.69) is 35.9 Å². The number of aromatic nitrogens is 3. The summed E-state index contributed by atoms with van der Waals surface area (Å²) < 4.78 is 7.46. The molecule has 162 valence electrons. The summed E-state index contributed by atoms with van der Waals surface area (Å²) in [6, 6.07) is 7.97. The van der Waals surface area contributed by atoms with Gasteiger partial charge in [-0.2, -0.15) is 0 Å². The maximum Gasteiger partial charge on any atom is 0.233 e. The number of thioether (sulfide) groups is 1. The topological polar surface area (TPSA) is 69.0 Å². The lowest BCUT2D eigenvalue weighted by molar-refractivity contribution is -0.121. The number of amides is 1. The number of methoxy groups -OCH3 is 1. The Kier molecular flexibility index (Phi) is 7.58. The summed E-state index contributed by atoms with van der Waals surface area (Å²) in [5, 5.41) is 12.5. The Bertz CT molecular complexity index is 882. The number of allylic oxidation sites excluding steroid dienone is 1. The number of ether oxygens (including phenoxy) is 1. The van der Waals surface area contributed by atoms with Crippen LogP contribution in [-0.4, -0.2) is 39.1 Å². The number of carbonyl (C=O) groups excluding carboxylic acids is 1. The number of nitrogens with one attached hydrogen (secondary N) is 1. The van der Waals surface area contributed by atoms with Gasteiger partial charge < -0.3 is 10.1 Å². The van der Waals surface area contributed by atoms with E-state index in [0.717, 1.165) is 17.7 Å². The zero-order valence-corrected chi connectivity index (χ0v) is 19.1. The van der Waals surface area contributed by atoms with Crippen LogP contribution in [0.15, 0.2) is 42.1 Å². The van der Waals surface area contributed by atoms with Crippen LogP contribution >= 0.6 is 11.8 Å². The zero-order chi connectivity index (χ0) is 21.7. The highest BCUT2D eigenvalue weighted by Crippen LogP contribution is 2.33. The lowest BCUT2D eigenvalue weighted by atomic mass is 9.78. The summed E-state index contributed by atoms with van der Waals surface area (Å²) in [7, 11) is 1.64. The SMILES string of the molecule is C=CCn1c(S[C@H](C)C(=O)N[C@@H]2CCC[C@@H](C)[C@@H]2C)nnc1-c1ccccc1OC. The molecule has 1 saturated carbocycles. The molecule has 6 nitrogen and oxygen atoms in total. The first-order chi connectivity index (χ1) is 14.5. The van der Waals surface area contributed by atoms with Gasteiger partial charge in [-0.15, -0.1) is 16.8 Å². The maximum absolute atomic E-state index is 12.9. The molecule has 1 aromatic carbocycles. The molecular formula is C23H32N4O2S. The second-order valence-corrected chi connectivity index (χ2v) is 9.36. The molecular weight excluding hydrogens is 396 g/mol. The second kappa shape index (κ2) is 10.2. The molecule has 2 aromatic rings. The van der Waals surface area contributed by atoms with Crippen LogP contribution in [0.2, 0.25) is 0 Å². The van der Waals surface area contributed by atoms with E-state index in [1.807, 2.05) is 41.8 Å². The van der Waals surface area contributed by atoms with Crippen LogP contribution in [0, 0.1) is 11.8 Å². The van der Waals surface area contributed by atoms with E-state index in [9.17, 15) is 4.79 Å². The van der Waals surface area contributed by atoms with Gasteiger partial charge in [0.15, 0.2) is 11.0 Å². The Labute approximate surface area is 183 Å². The molecule has 1 aromatic heterocycles. The number of benzene rings is 1. The molecule has 1 amide bonds. The molecule has 1 N–H and O–H groups in total. The Balaban J connectivity index is 1.76. The first-order valence-corrected chi connectivity index (χ1v) is 11.5. The van der Waals surface area contributed by atoms with Gasteiger partial charge >= 0.3 is 0 Å². The first-order valence-electron chi connectivity index (χ1n) is 10.6. The van der Waals surface area contributed by atoms with Crippen LogP contribution in [-0.2, 0) is 11.3 Å². The highest BCUT2D eigenvalue weighted by molar-refractivity contribution is 8.00. The largest absolute Gasteiger partial charge is 0.496 e. The van der Waals surface area contributed by atoms with E-state index in [-0.39, 0.29) is 17.2 Å². The molecule has 1 aliphatic rings. The molecule has 30 heavy (non-hydrogen) atoms. The van der Waals surface area contributed by atoms with Crippen LogP contribution in [0.3, 0.4) is 0 Å². The van der Waals surface area contributed by atoms with Crippen molar-refractivity contribution in [1.29, 1.82) is 0 Å². The number of rotatable bonds is 8. The van der Waals surface area contributed by atoms with Crippen molar-refractivity contribution in [2.24, 2.45) is 11.8 Å². The molecule has 0 unspecified atom stereocenters. The Morgan fingerprint density at radius 1 is 1.37 bits per heavy atom. The van der Waals surface area contributed by atoms with E-state index >= 15 is 0 Å². The average molecular weight is 429 g/mol. The second-order valence-electron chi connectivity index (χ2n) is 8.05. The van der Waals surface area contributed by atoms with E-state index in [0.29, 0.717) is 29.4 Å². The summed E-state index contributed by atoms with van der Waals surface area (Å²) in [5.41, 5.74) is 0.864. The van der Waals surface area contributed by atoms with E-state index in [1.165, 1.54) is 24.6 Å². The van der Waals surface area contributed by atoms with Crippen molar-refractivity contribution in [1.82, 2.24) is 20.1 Å². The van der Waals surface area contributed by atoms with Crippen molar-refractivity contribution in [2.45, 2.75) is 63.0 Å². The summed E-state index contributed by atoms with van der Waals surface area (Å²) in [6.07, 6.45) is 5.28. The molecule has 0 aliphatic heterocycles. The third kappa shape index (κ3) is 4.89. The van der Waals surface area contributed by atoms with Crippen molar-refractivity contribution in [3.05, 3.63) is 36.9 Å². The molecule has 0 radical (unpaired) electrons. The molecule has 7 heteroatoms. The standard InChI is InChI=1S/C23H32N4O2S/c1-6-14-27-21(18-11-7-8-13-20(18)29-5)25-26-23(27)30-17(4)22(28)24-19-12-9-10-15(2)16(19)3/h6-8,11,13,15-17,19H,1,9-10,12,14H2,2-5H3,(H,24,28)/t15-,16+,17-,19-/m1/s1. The fourth-order valence-electron chi connectivity index (χ4n) is 4.00. The summed E-state index contributed by atoms with van der Waals surface area (Å²) in [4.78, 5) is 12.9. The van der Waals surface area contributed by atoms with Crippen molar-refractivity contribution in [2.75, 3.05) is 7.11 Å². The van der Waals surface area contributed by atoms with Crippen LogP contribution in [0.1, 0.15) is 40.0 Å². The molecule has 1 fully saturated rings. The Morgan fingerprint density at radius 3 is 2.87 bits per heavy atom. The van der Waals surface area contributed by atoms with Crippen LogP contribution in [0.25, 0.3) is 11.4 Å². The quantitative estimate of drug-likeness (QED) is 0.493. The minimum Gasteiger partial charge on any atom is -0.496 e. The average Bonchev–Trinajstić information content (AvgIpc) is 3.13. The van der Waals surface area contributed by atoms with Gasteiger partial charge in [0.1, 0.15) is 5.75 Å². The summed E-state index contributed by atoms with van der Waals surface area (Å²) in [5.74, 6) is 2.64. The monoisotopic (exact) mass is 428 g/mol. The molecule has 0 bridgehead atoms. The normalized spacial score (nSPS) is 22.3. The van der Waals surface area contributed by atoms with E-state index < -0.39 is 0 Å². The van der Waals surface area contributed by atoms with Gasteiger partial charge in [0, 0.05) is 12.6 Å². The molecule has 0 spiro atoms. The minimum absolute atomic E-state index is 0.0537. The van der Waals surface area contributed by atoms with E-state index in [4.69, 9.17) is 4.74 Å². The van der Waals surface area contributed by atoms with Gasteiger partial charge in [-0.05, 0) is 37.3 Å². The van der Waals surface area contributed by atoms with Crippen molar-refractivity contribution in [3.63, 3.8) is 0 Å². The van der Waals surface area contributed by atoms with Gasteiger partial charge in [-0.3, -0.25) is 9.36 Å². The van der Waals surface area contributed by atoms with Crippen LogP contribution in [0.5, 0.6) is 5.75 Å². The third-order valence-electron chi connectivity index (χ3n) is 6.06. The number of hydrogen-bond donors (Lipinski definition) is 1. The van der Waals surface area contributed by atoms with Gasteiger partial charge in [0.2, 0.25) is 5.91 Å². The predicted molar refractivity (Wildman–Crippen MR) is 122 cm³/mol. The lowest BCUT2D eigenvalue weighted by Gasteiger charge is -2.35. The minimum atomic E-state index is -0.271. The molecule has 1 heterocycles.